The van der Waals surface area contributed by atoms with E-state index in [2.05, 4.69) is 39.8 Å². The van der Waals surface area contributed by atoms with Crippen molar-refractivity contribution >= 4 is 34.8 Å². The lowest BCUT2D eigenvalue weighted by atomic mass is 9.63. The van der Waals surface area contributed by atoms with Crippen molar-refractivity contribution in [1.82, 2.24) is 4.90 Å². The van der Waals surface area contributed by atoms with E-state index in [1.54, 1.807) is 6.08 Å². The van der Waals surface area contributed by atoms with Gasteiger partial charge in [0.1, 0.15) is 5.82 Å². The van der Waals surface area contributed by atoms with E-state index in [1.165, 1.54) is 35.4 Å². The number of fused-ring (bicyclic) bond motifs is 1. The number of rotatable bonds is 4. The van der Waals surface area contributed by atoms with Crippen molar-refractivity contribution in [3.05, 3.63) is 75.4 Å². The molecule has 166 valence electrons. The van der Waals surface area contributed by atoms with Crippen LogP contribution in [0.2, 0.25) is 0 Å². The number of thioether (sulfide) groups is 1. The lowest BCUT2D eigenvalue weighted by molar-refractivity contribution is -0.122. The number of hydrogen-bond acceptors (Lipinski definition) is 4. The zero-order valence-electron chi connectivity index (χ0n) is 18.7. The Morgan fingerprint density at radius 2 is 1.62 bits per heavy atom. The number of carbonyl (C=O) groups excluding carboxylic acids is 3. The number of Topliss-reactive ketones (excluding diaryl/α,β-unsaturated/α-hetero) is 1. The highest BCUT2D eigenvalue weighted by molar-refractivity contribution is 8.18. The van der Waals surface area contributed by atoms with Crippen LogP contribution in [0.5, 0.6) is 0 Å². The molecule has 0 N–H and O–H groups in total. The van der Waals surface area contributed by atoms with Crippen molar-refractivity contribution in [3.63, 3.8) is 0 Å². The standard InChI is InChI=1S/C26H26FNO3S/c1-25(2)11-12-26(3,4)20-13-16(5-10-19(20)25)14-22-23(30)28(24(31)32-22)15-21(29)17-6-8-18(27)9-7-17/h5-10,13-14H,11-12,15H2,1-4H3/b22-14-. The van der Waals surface area contributed by atoms with E-state index < -0.39 is 22.7 Å². The van der Waals surface area contributed by atoms with Crippen LogP contribution in [0.3, 0.4) is 0 Å². The third kappa shape index (κ3) is 4.16. The minimum Gasteiger partial charge on any atom is -0.292 e. The Morgan fingerprint density at radius 3 is 2.28 bits per heavy atom. The molecule has 0 bridgehead atoms. The molecule has 6 heteroatoms. The lowest BCUT2D eigenvalue weighted by Gasteiger charge is -2.42. The summed E-state index contributed by atoms with van der Waals surface area (Å²) in [5.74, 6) is -1.34. The maximum Gasteiger partial charge on any atom is 0.293 e. The molecule has 1 saturated heterocycles. The smallest absolute Gasteiger partial charge is 0.292 e. The Bertz CT molecular complexity index is 1150. The number of imide groups is 1. The Hall–Kier alpha value is -2.73. The van der Waals surface area contributed by atoms with Crippen LogP contribution in [0.25, 0.3) is 6.08 Å². The van der Waals surface area contributed by atoms with Crippen LogP contribution >= 0.6 is 11.8 Å². The Balaban J connectivity index is 1.58. The molecule has 2 aromatic rings. The van der Waals surface area contributed by atoms with Crippen LogP contribution in [0.4, 0.5) is 9.18 Å². The van der Waals surface area contributed by atoms with Gasteiger partial charge in [0.25, 0.3) is 11.1 Å². The van der Waals surface area contributed by atoms with E-state index in [9.17, 15) is 18.8 Å². The fourth-order valence-corrected chi connectivity index (χ4v) is 5.19. The molecule has 2 amide bonds. The summed E-state index contributed by atoms with van der Waals surface area (Å²) >= 11 is 0.840. The van der Waals surface area contributed by atoms with Gasteiger partial charge in [-0.3, -0.25) is 19.3 Å². The summed E-state index contributed by atoms with van der Waals surface area (Å²) in [7, 11) is 0. The molecule has 1 aliphatic heterocycles. The molecule has 0 atom stereocenters. The lowest BCUT2D eigenvalue weighted by Crippen LogP contribution is -2.34. The molecule has 1 heterocycles. The first-order valence-corrected chi connectivity index (χ1v) is 11.5. The van der Waals surface area contributed by atoms with E-state index in [4.69, 9.17) is 0 Å². The van der Waals surface area contributed by atoms with Gasteiger partial charge in [0, 0.05) is 5.56 Å². The second-order valence-electron chi connectivity index (χ2n) is 9.77. The number of halogens is 1. The van der Waals surface area contributed by atoms with Crippen molar-refractivity contribution in [1.29, 1.82) is 0 Å². The highest BCUT2D eigenvalue weighted by atomic mass is 32.2. The van der Waals surface area contributed by atoms with Crippen LogP contribution in [0, 0.1) is 5.82 Å². The average Bonchev–Trinajstić information content (AvgIpc) is 2.99. The molecular formula is C26H26FNO3S. The average molecular weight is 452 g/mol. The molecule has 0 spiro atoms. The van der Waals surface area contributed by atoms with Crippen LogP contribution in [-0.2, 0) is 15.6 Å². The molecular weight excluding hydrogens is 425 g/mol. The molecule has 2 aliphatic rings. The Kier molecular flexibility index (Phi) is 5.61. The number of carbonyl (C=O) groups is 3. The van der Waals surface area contributed by atoms with Gasteiger partial charge in [-0.05, 0) is 82.5 Å². The zero-order chi connectivity index (χ0) is 23.3. The number of amides is 2. The minimum atomic E-state index is -0.479. The van der Waals surface area contributed by atoms with E-state index in [1.807, 2.05) is 6.07 Å². The summed E-state index contributed by atoms with van der Waals surface area (Å²) in [5, 5.41) is -0.476. The monoisotopic (exact) mass is 451 g/mol. The zero-order valence-corrected chi connectivity index (χ0v) is 19.5. The van der Waals surface area contributed by atoms with Gasteiger partial charge in [-0.2, -0.15) is 0 Å². The van der Waals surface area contributed by atoms with E-state index in [-0.39, 0.29) is 22.9 Å². The molecule has 1 aliphatic carbocycles. The van der Waals surface area contributed by atoms with E-state index >= 15 is 0 Å². The van der Waals surface area contributed by atoms with Gasteiger partial charge in [0.2, 0.25) is 0 Å². The van der Waals surface area contributed by atoms with Crippen molar-refractivity contribution < 1.29 is 18.8 Å². The summed E-state index contributed by atoms with van der Waals surface area (Å²) in [6, 6.07) is 11.3. The third-order valence-electron chi connectivity index (χ3n) is 6.52. The van der Waals surface area contributed by atoms with Gasteiger partial charge < -0.3 is 0 Å². The van der Waals surface area contributed by atoms with Crippen LogP contribution in [0.15, 0.2) is 47.4 Å². The van der Waals surface area contributed by atoms with Crippen molar-refractivity contribution in [2.75, 3.05) is 6.54 Å². The van der Waals surface area contributed by atoms with E-state index in [0.717, 1.165) is 35.1 Å². The van der Waals surface area contributed by atoms with Gasteiger partial charge in [-0.25, -0.2) is 4.39 Å². The second kappa shape index (κ2) is 8.00. The molecule has 0 unspecified atom stereocenters. The molecule has 32 heavy (non-hydrogen) atoms. The number of nitrogens with zero attached hydrogens (tertiary/aromatic N) is 1. The fourth-order valence-electron chi connectivity index (χ4n) is 4.35. The molecule has 2 aromatic carbocycles. The second-order valence-corrected chi connectivity index (χ2v) is 10.8. The van der Waals surface area contributed by atoms with E-state index in [0.29, 0.717) is 4.91 Å². The first-order valence-electron chi connectivity index (χ1n) is 10.7. The largest absolute Gasteiger partial charge is 0.293 e. The van der Waals surface area contributed by atoms with Gasteiger partial charge in [0.15, 0.2) is 5.78 Å². The minimum absolute atomic E-state index is 0.0373. The number of hydrogen-bond donors (Lipinski definition) is 0. The summed E-state index contributed by atoms with van der Waals surface area (Å²) < 4.78 is 13.1. The topological polar surface area (TPSA) is 54.5 Å². The van der Waals surface area contributed by atoms with Crippen LogP contribution in [-0.4, -0.2) is 28.4 Å². The fraction of sp³-hybridized carbons (Fsp3) is 0.346. The van der Waals surface area contributed by atoms with Gasteiger partial charge in [-0.15, -0.1) is 0 Å². The molecule has 0 radical (unpaired) electrons. The van der Waals surface area contributed by atoms with Gasteiger partial charge in [0.05, 0.1) is 11.4 Å². The predicted octanol–water partition coefficient (Wildman–Crippen LogP) is 6.09. The van der Waals surface area contributed by atoms with Crippen LogP contribution < -0.4 is 0 Å². The highest BCUT2D eigenvalue weighted by Gasteiger charge is 2.38. The van der Waals surface area contributed by atoms with Crippen LogP contribution in [0.1, 0.15) is 67.6 Å². The highest BCUT2D eigenvalue weighted by Crippen LogP contribution is 2.46. The maximum absolute atomic E-state index is 13.1. The quantitative estimate of drug-likeness (QED) is 0.417. The number of ketones is 1. The first kappa shape index (κ1) is 22.5. The maximum atomic E-state index is 13.1. The SMILES string of the molecule is CC1(C)CCC(C)(C)c2cc(/C=C3\SC(=O)N(CC(=O)c4ccc(F)cc4)C3=O)ccc21. The van der Waals surface area contributed by atoms with Crippen molar-refractivity contribution in [2.45, 2.75) is 51.4 Å². The van der Waals surface area contributed by atoms with Crippen molar-refractivity contribution in [2.24, 2.45) is 0 Å². The van der Waals surface area contributed by atoms with Gasteiger partial charge in [-0.1, -0.05) is 45.9 Å². The molecule has 1 fully saturated rings. The number of benzene rings is 2. The molecule has 0 aromatic heterocycles. The predicted molar refractivity (Wildman–Crippen MR) is 125 cm³/mol. The third-order valence-corrected chi connectivity index (χ3v) is 7.42. The Labute approximate surface area is 191 Å². The summed E-state index contributed by atoms with van der Waals surface area (Å²) in [4.78, 5) is 39.0. The molecule has 0 saturated carbocycles. The summed E-state index contributed by atoms with van der Waals surface area (Å²) in [6.45, 7) is 8.62. The molecule has 4 rings (SSSR count). The Morgan fingerprint density at radius 1 is 1.00 bits per heavy atom. The summed E-state index contributed by atoms with van der Waals surface area (Å²) in [6.07, 6.45) is 3.93. The van der Waals surface area contributed by atoms with Gasteiger partial charge >= 0.3 is 0 Å². The van der Waals surface area contributed by atoms with Crippen molar-refractivity contribution in [3.8, 4) is 0 Å². The molecule has 4 nitrogen and oxygen atoms in total. The first-order chi connectivity index (χ1) is 15.0. The summed E-state index contributed by atoms with van der Waals surface area (Å²) in [5.41, 5.74) is 3.85. The normalized spacial score (nSPS) is 20.5.